The fraction of sp³-hybridized carbons (Fsp3) is 0.250. The van der Waals surface area contributed by atoms with Crippen molar-refractivity contribution in [3.05, 3.63) is 52.8 Å². The lowest BCUT2D eigenvalue weighted by molar-refractivity contribution is 0.318. The lowest BCUT2D eigenvalue weighted by Gasteiger charge is -2.13. The molecule has 0 unspecified atom stereocenters. The van der Waals surface area contributed by atoms with Crippen LogP contribution in [0.25, 0.3) is 0 Å². The van der Waals surface area contributed by atoms with Crippen molar-refractivity contribution >= 4 is 5.84 Å². The number of amidine groups is 1. The molecule has 5 nitrogen and oxygen atoms in total. The molecule has 0 saturated carbocycles. The summed E-state index contributed by atoms with van der Waals surface area (Å²) in [4.78, 5) is 4.33. The molecule has 0 bridgehead atoms. The van der Waals surface area contributed by atoms with E-state index in [2.05, 4.69) is 17.1 Å². The topological polar surface area (TPSA) is 80.7 Å². The summed E-state index contributed by atoms with van der Waals surface area (Å²) < 4.78 is 5.92. The van der Waals surface area contributed by atoms with Crippen LogP contribution < -0.4 is 10.5 Å². The highest BCUT2D eigenvalue weighted by Gasteiger charge is 2.15. The molecule has 21 heavy (non-hydrogen) atoms. The third kappa shape index (κ3) is 3.31. The van der Waals surface area contributed by atoms with Gasteiger partial charge < -0.3 is 15.7 Å². The second-order valence-corrected chi connectivity index (χ2v) is 4.81. The molecule has 0 radical (unpaired) electrons. The molecule has 0 aliphatic carbocycles. The van der Waals surface area contributed by atoms with Crippen molar-refractivity contribution in [2.75, 3.05) is 0 Å². The second kappa shape index (κ2) is 6.26. The Morgan fingerprint density at radius 3 is 2.76 bits per heavy atom. The van der Waals surface area contributed by atoms with Gasteiger partial charge in [0.25, 0.3) is 0 Å². The fourth-order valence-corrected chi connectivity index (χ4v) is 2.19. The predicted molar refractivity (Wildman–Crippen MR) is 82.1 cm³/mol. The normalized spacial score (nSPS) is 11.5. The highest BCUT2D eigenvalue weighted by molar-refractivity contribution is 6.00. The summed E-state index contributed by atoms with van der Waals surface area (Å²) >= 11 is 0. The summed E-state index contributed by atoms with van der Waals surface area (Å²) in [6, 6.07) is 9.61. The van der Waals surface area contributed by atoms with Gasteiger partial charge in [0, 0.05) is 11.8 Å². The van der Waals surface area contributed by atoms with Crippen LogP contribution >= 0.6 is 0 Å². The molecule has 1 aromatic heterocycles. The van der Waals surface area contributed by atoms with E-state index < -0.39 is 0 Å². The van der Waals surface area contributed by atoms with Crippen molar-refractivity contribution in [3.8, 4) is 11.5 Å². The lowest BCUT2D eigenvalue weighted by atomic mass is 10.1. The Hall–Kier alpha value is -2.56. The van der Waals surface area contributed by atoms with Crippen molar-refractivity contribution in [3.63, 3.8) is 0 Å². The van der Waals surface area contributed by atoms with E-state index in [4.69, 9.17) is 15.7 Å². The summed E-state index contributed by atoms with van der Waals surface area (Å²) in [5, 5.41) is 12.0. The van der Waals surface area contributed by atoms with Gasteiger partial charge in [-0.25, -0.2) is 0 Å². The zero-order valence-corrected chi connectivity index (χ0v) is 12.4. The molecule has 1 heterocycles. The molecule has 5 heteroatoms. The van der Waals surface area contributed by atoms with Crippen LogP contribution in [-0.4, -0.2) is 16.0 Å². The zero-order valence-electron chi connectivity index (χ0n) is 12.4. The molecule has 0 spiro atoms. The summed E-state index contributed by atoms with van der Waals surface area (Å²) in [7, 11) is 0. The first-order valence-electron chi connectivity index (χ1n) is 6.78. The Morgan fingerprint density at radius 2 is 2.10 bits per heavy atom. The highest BCUT2D eigenvalue weighted by Crippen LogP contribution is 2.28. The molecule has 0 fully saturated rings. The van der Waals surface area contributed by atoms with Crippen LogP contribution in [0.3, 0.4) is 0 Å². The van der Waals surface area contributed by atoms with E-state index in [9.17, 15) is 0 Å². The van der Waals surface area contributed by atoms with Crippen molar-refractivity contribution in [1.29, 1.82) is 0 Å². The van der Waals surface area contributed by atoms with E-state index in [0.29, 0.717) is 22.8 Å². The summed E-state index contributed by atoms with van der Waals surface area (Å²) in [6.07, 6.45) is 0.929. The molecule has 0 aliphatic heterocycles. The second-order valence-electron chi connectivity index (χ2n) is 4.81. The summed E-state index contributed by atoms with van der Waals surface area (Å²) in [5.41, 5.74) is 8.89. The maximum atomic E-state index is 8.93. The van der Waals surface area contributed by atoms with Crippen LogP contribution in [0, 0.1) is 13.8 Å². The van der Waals surface area contributed by atoms with Gasteiger partial charge in [-0.2, -0.15) is 0 Å². The number of aryl methyl sites for hydroxylation is 3. The molecule has 3 N–H and O–H groups in total. The van der Waals surface area contributed by atoms with Crippen LogP contribution in [0.1, 0.15) is 29.4 Å². The van der Waals surface area contributed by atoms with Gasteiger partial charge in [0.2, 0.25) is 0 Å². The smallest absolute Gasteiger partial charge is 0.175 e. The average Bonchev–Trinajstić information content (AvgIpc) is 2.46. The van der Waals surface area contributed by atoms with Crippen molar-refractivity contribution in [2.24, 2.45) is 10.9 Å². The fourth-order valence-electron chi connectivity index (χ4n) is 2.19. The minimum absolute atomic E-state index is 0.0124. The number of hydrogen-bond acceptors (Lipinski definition) is 4. The average molecular weight is 285 g/mol. The number of benzene rings is 1. The van der Waals surface area contributed by atoms with Crippen LogP contribution in [0.15, 0.2) is 35.5 Å². The van der Waals surface area contributed by atoms with E-state index in [0.717, 1.165) is 12.1 Å². The first-order chi connectivity index (χ1) is 10.0. The van der Waals surface area contributed by atoms with Gasteiger partial charge in [-0.05, 0) is 38.0 Å². The first kappa shape index (κ1) is 14.8. The van der Waals surface area contributed by atoms with Gasteiger partial charge in [0.05, 0.1) is 11.3 Å². The molecule has 2 aromatic rings. The summed E-state index contributed by atoms with van der Waals surface area (Å²) in [6.45, 7) is 5.76. The van der Waals surface area contributed by atoms with Gasteiger partial charge in [-0.15, -0.1) is 0 Å². The third-order valence-corrected chi connectivity index (χ3v) is 3.19. The molecule has 110 valence electrons. The van der Waals surface area contributed by atoms with Gasteiger partial charge in [-0.3, -0.25) is 4.98 Å². The number of ether oxygens (including phenoxy) is 1. The van der Waals surface area contributed by atoms with E-state index >= 15 is 0 Å². The van der Waals surface area contributed by atoms with Gasteiger partial charge in [-0.1, -0.05) is 24.2 Å². The Balaban J connectivity index is 2.47. The molecule has 2 rings (SSSR count). The number of pyridine rings is 1. The Kier molecular flexibility index (Phi) is 4.42. The number of nitrogens with zero attached hydrogens (tertiary/aromatic N) is 2. The zero-order chi connectivity index (χ0) is 15.4. The standard InChI is InChI=1S/C16H19N3O2/c1-4-12-6-5-7-13(9-12)21-14-8-10(2)18-11(3)15(14)16(17)19-20/h5-9,20H,4H2,1-3H3,(H2,17,19). The highest BCUT2D eigenvalue weighted by atomic mass is 16.5. The van der Waals surface area contributed by atoms with Crippen molar-refractivity contribution < 1.29 is 9.94 Å². The van der Waals surface area contributed by atoms with Crippen LogP contribution in [0.2, 0.25) is 0 Å². The van der Waals surface area contributed by atoms with Gasteiger partial charge in [0.1, 0.15) is 11.5 Å². The van der Waals surface area contributed by atoms with Crippen molar-refractivity contribution in [1.82, 2.24) is 4.98 Å². The number of rotatable bonds is 4. The molecule has 0 atom stereocenters. The maximum Gasteiger partial charge on any atom is 0.175 e. The van der Waals surface area contributed by atoms with Gasteiger partial charge in [0.15, 0.2) is 5.84 Å². The van der Waals surface area contributed by atoms with Crippen LogP contribution in [0.4, 0.5) is 0 Å². The molecule has 0 aliphatic rings. The monoisotopic (exact) mass is 285 g/mol. The minimum Gasteiger partial charge on any atom is -0.456 e. The quantitative estimate of drug-likeness (QED) is 0.391. The summed E-state index contributed by atoms with van der Waals surface area (Å²) in [5.74, 6) is 1.23. The number of hydrogen-bond donors (Lipinski definition) is 2. The van der Waals surface area contributed by atoms with E-state index in [1.807, 2.05) is 31.2 Å². The van der Waals surface area contributed by atoms with Gasteiger partial charge >= 0.3 is 0 Å². The first-order valence-corrected chi connectivity index (χ1v) is 6.78. The SMILES string of the molecule is CCc1cccc(Oc2cc(C)nc(C)c2/C(N)=N/O)c1. The minimum atomic E-state index is -0.0124. The van der Waals surface area contributed by atoms with E-state index in [-0.39, 0.29) is 5.84 Å². The van der Waals surface area contributed by atoms with Crippen LogP contribution in [-0.2, 0) is 6.42 Å². The molecular formula is C16H19N3O2. The lowest BCUT2D eigenvalue weighted by Crippen LogP contribution is -2.17. The molecule has 0 amide bonds. The van der Waals surface area contributed by atoms with Crippen LogP contribution in [0.5, 0.6) is 11.5 Å². The largest absolute Gasteiger partial charge is 0.456 e. The Bertz CT molecular complexity index is 681. The number of nitrogens with two attached hydrogens (primary N) is 1. The van der Waals surface area contributed by atoms with E-state index in [1.165, 1.54) is 5.56 Å². The third-order valence-electron chi connectivity index (χ3n) is 3.19. The predicted octanol–water partition coefficient (Wildman–Crippen LogP) is 3.15. The maximum absolute atomic E-state index is 8.93. The molecule has 1 aromatic carbocycles. The van der Waals surface area contributed by atoms with Crippen molar-refractivity contribution in [2.45, 2.75) is 27.2 Å². The Labute approximate surface area is 124 Å². The number of aromatic nitrogens is 1. The Morgan fingerprint density at radius 1 is 1.33 bits per heavy atom. The molecular weight excluding hydrogens is 266 g/mol. The number of oxime groups is 1. The molecule has 0 saturated heterocycles. The van der Waals surface area contributed by atoms with E-state index in [1.54, 1.807) is 13.0 Å².